The first-order chi connectivity index (χ1) is 7.95. The van der Waals surface area contributed by atoms with Gasteiger partial charge in [-0.25, -0.2) is 9.18 Å². The fourth-order valence-electron chi connectivity index (χ4n) is 1.11. The Bertz CT molecular complexity index is 448. The maximum Gasteiger partial charge on any atom is 0.328 e. The predicted octanol–water partition coefficient (Wildman–Crippen LogP) is -0.293. The third kappa shape index (κ3) is 3.15. The number of carboxylic acid groups (broad SMARTS) is 1. The molecule has 17 heavy (non-hydrogen) atoms. The highest BCUT2D eigenvalue weighted by Crippen LogP contribution is 2.17. The van der Waals surface area contributed by atoms with E-state index in [9.17, 15) is 19.1 Å². The van der Waals surface area contributed by atoms with Crippen molar-refractivity contribution in [3.05, 3.63) is 29.6 Å². The molecule has 1 atom stereocenters. The van der Waals surface area contributed by atoms with Crippen molar-refractivity contribution in [1.29, 1.82) is 0 Å². The number of carbonyl (C=O) groups excluding carboxylic acids is 1. The van der Waals surface area contributed by atoms with E-state index in [2.05, 4.69) is 0 Å². The summed E-state index contributed by atoms with van der Waals surface area (Å²) in [5.74, 6) is -3.64. The number of phenolic OH excluding ortho intramolecular Hbond substituents is 1. The van der Waals surface area contributed by atoms with Crippen LogP contribution in [-0.4, -0.2) is 39.8 Å². The van der Waals surface area contributed by atoms with E-state index >= 15 is 0 Å². The van der Waals surface area contributed by atoms with Gasteiger partial charge >= 0.3 is 5.97 Å². The zero-order chi connectivity index (χ0) is 13.0. The van der Waals surface area contributed by atoms with Gasteiger partial charge in [-0.15, -0.1) is 0 Å². The van der Waals surface area contributed by atoms with E-state index in [1.165, 1.54) is 0 Å². The zero-order valence-corrected chi connectivity index (χ0v) is 8.55. The standard InChI is InChI=1S/C10H10FNO5/c11-5-1-2-8(14)6(3-5)9(15)12-7(4-13)10(16)17/h1-3,7,13-14H,4H2,(H,12,15)(H,16,17)/t7-/m1/s1. The van der Waals surface area contributed by atoms with Gasteiger partial charge in [0.05, 0.1) is 12.2 Å². The molecule has 1 aromatic carbocycles. The van der Waals surface area contributed by atoms with Crippen LogP contribution in [0.4, 0.5) is 4.39 Å². The van der Waals surface area contributed by atoms with E-state index in [0.29, 0.717) is 0 Å². The van der Waals surface area contributed by atoms with E-state index in [1.54, 1.807) is 0 Å². The minimum atomic E-state index is -1.51. The average Bonchev–Trinajstić information content (AvgIpc) is 2.28. The van der Waals surface area contributed by atoms with E-state index < -0.39 is 41.7 Å². The first-order valence-corrected chi connectivity index (χ1v) is 4.58. The highest BCUT2D eigenvalue weighted by atomic mass is 19.1. The molecule has 0 saturated carbocycles. The molecule has 1 rings (SSSR count). The summed E-state index contributed by atoms with van der Waals surface area (Å²) in [5, 5.41) is 28.5. The van der Waals surface area contributed by atoms with Crippen LogP contribution in [0.25, 0.3) is 0 Å². The number of rotatable bonds is 4. The molecule has 92 valence electrons. The predicted molar refractivity (Wildman–Crippen MR) is 54.0 cm³/mol. The van der Waals surface area contributed by atoms with Gasteiger partial charge < -0.3 is 20.6 Å². The minimum Gasteiger partial charge on any atom is -0.507 e. The van der Waals surface area contributed by atoms with Crippen molar-refractivity contribution in [1.82, 2.24) is 5.32 Å². The fourth-order valence-corrected chi connectivity index (χ4v) is 1.11. The second-order valence-corrected chi connectivity index (χ2v) is 3.21. The smallest absolute Gasteiger partial charge is 0.328 e. The summed E-state index contributed by atoms with van der Waals surface area (Å²) < 4.78 is 12.8. The highest BCUT2D eigenvalue weighted by molar-refractivity contribution is 5.98. The molecule has 7 heteroatoms. The van der Waals surface area contributed by atoms with Crippen LogP contribution in [0.2, 0.25) is 0 Å². The molecule has 0 radical (unpaired) electrons. The van der Waals surface area contributed by atoms with Crippen molar-refractivity contribution in [2.45, 2.75) is 6.04 Å². The van der Waals surface area contributed by atoms with Crippen molar-refractivity contribution < 1.29 is 29.3 Å². The summed E-state index contributed by atoms with van der Waals surface area (Å²) in [6, 6.07) is 1.18. The van der Waals surface area contributed by atoms with Gasteiger partial charge in [0.15, 0.2) is 6.04 Å². The molecular formula is C10H10FNO5. The lowest BCUT2D eigenvalue weighted by atomic mass is 10.1. The number of aliphatic carboxylic acids is 1. The van der Waals surface area contributed by atoms with Crippen LogP contribution in [0.15, 0.2) is 18.2 Å². The molecule has 0 bridgehead atoms. The Balaban J connectivity index is 2.89. The number of hydrogen-bond donors (Lipinski definition) is 4. The maximum atomic E-state index is 12.8. The van der Waals surface area contributed by atoms with Crippen LogP contribution < -0.4 is 5.32 Å². The number of aromatic hydroxyl groups is 1. The molecule has 1 aromatic rings. The van der Waals surface area contributed by atoms with Gasteiger partial charge in [0.25, 0.3) is 5.91 Å². The van der Waals surface area contributed by atoms with Crippen molar-refractivity contribution in [2.75, 3.05) is 6.61 Å². The number of halogens is 1. The number of phenols is 1. The Morgan fingerprint density at radius 1 is 1.41 bits per heavy atom. The van der Waals surface area contributed by atoms with Crippen molar-refractivity contribution >= 4 is 11.9 Å². The third-order valence-electron chi connectivity index (χ3n) is 1.99. The highest BCUT2D eigenvalue weighted by Gasteiger charge is 2.21. The maximum absolute atomic E-state index is 12.8. The van der Waals surface area contributed by atoms with Gasteiger partial charge in [-0.1, -0.05) is 0 Å². The topological polar surface area (TPSA) is 107 Å². The molecule has 0 unspecified atom stereocenters. The number of carbonyl (C=O) groups is 2. The molecule has 1 amide bonds. The number of amides is 1. The summed E-state index contributed by atoms with van der Waals surface area (Å²) in [6.07, 6.45) is 0. The number of hydrogen-bond acceptors (Lipinski definition) is 4. The Kier molecular flexibility index (Phi) is 4.00. The van der Waals surface area contributed by atoms with Gasteiger partial charge in [-0.05, 0) is 18.2 Å². The monoisotopic (exact) mass is 243 g/mol. The molecule has 0 aliphatic heterocycles. The van der Waals surface area contributed by atoms with E-state index in [-0.39, 0.29) is 0 Å². The van der Waals surface area contributed by atoms with Gasteiger partial charge in [-0.2, -0.15) is 0 Å². The lowest BCUT2D eigenvalue weighted by Gasteiger charge is -2.12. The van der Waals surface area contributed by atoms with Crippen LogP contribution in [-0.2, 0) is 4.79 Å². The van der Waals surface area contributed by atoms with Crippen LogP contribution in [0.1, 0.15) is 10.4 Å². The molecule has 0 aliphatic rings. The van der Waals surface area contributed by atoms with E-state index in [1.807, 2.05) is 5.32 Å². The third-order valence-corrected chi connectivity index (χ3v) is 1.99. The molecule has 0 aliphatic carbocycles. The van der Waals surface area contributed by atoms with Gasteiger partial charge in [0.1, 0.15) is 11.6 Å². The summed E-state index contributed by atoms with van der Waals surface area (Å²) in [7, 11) is 0. The second-order valence-electron chi connectivity index (χ2n) is 3.21. The molecule has 0 spiro atoms. The first kappa shape index (κ1) is 12.9. The Hall–Kier alpha value is -2.15. The Morgan fingerprint density at radius 3 is 2.59 bits per heavy atom. The quantitative estimate of drug-likeness (QED) is 0.581. The summed E-state index contributed by atoms with van der Waals surface area (Å²) in [4.78, 5) is 22.0. The van der Waals surface area contributed by atoms with Crippen LogP contribution in [0.3, 0.4) is 0 Å². The number of benzene rings is 1. The van der Waals surface area contributed by atoms with Crippen molar-refractivity contribution in [3.8, 4) is 5.75 Å². The van der Waals surface area contributed by atoms with Crippen molar-refractivity contribution in [3.63, 3.8) is 0 Å². The molecule has 0 saturated heterocycles. The average molecular weight is 243 g/mol. The molecule has 0 fully saturated rings. The number of aliphatic hydroxyl groups excluding tert-OH is 1. The Labute approximate surface area is 95.3 Å². The van der Waals surface area contributed by atoms with Crippen LogP contribution in [0.5, 0.6) is 5.75 Å². The van der Waals surface area contributed by atoms with E-state index in [0.717, 1.165) is 18.2 Å². The van der Waals surface area contributed by atoms with Gasteiger partial charge in [0, 0.05) is 0 Å². The van der Waals surface area contributed by atoms with Gasteiger partial charge in [-0.3, -0.25) is 4.79 Å². The fraction of sp³-hybridized carbons (Fsp3) is 0.200. The zero-order valence-electron chi connectivity index (χ0n) is 8.55. The SMILES string of the molecule is O=C(N[C@H](CO)C(=O)O)c1cc(F)ccc1O. The molecule has 0 aromatic heterocycles. The normalized spacial score (nSPS) is 11.9. The second kappa shape index (κ2) is 5.26. The molecular weight excluding hydrogens is 233 g/mol. The molecule has 0 heterocycles. The van der Waals surface area contributed by atoms with Crippen molar-refractivity contribution in [2.24, 2.45) is 0 Å². The molecule has 6 nitrogen and oxygen atoms in total. The van der Waals surface area contributed by atoms with Crippen LogP contribution >= 0.6 is 0 Å². The number of aliphatic hydroxyl groups is 1. The summed E-state index contributed by atoms with van der Waals surface area (Å²) >= 11 is 0. The first-order valence-electron chi connectivity index (χ1n) is 4.58. The van der Waals surface area contributed by atoms with E-state index in [4.69, 9.17) is 10.2 Å². The van der Waals surface area contributed by atoms with Crippen LogP contribution in [0, 0.1) is 5.82 Å². The largest absolute Gasteiger partial charge is 0.507 e. The number of carboxylic acids is 1. The summed E-state index contributed by atoms with van der Waals surface area (Å²) in [5.41, 5.74) is -0.398. The number of nitrogens with one attached hydrogen (secondary N) is 1. The lowest BCUT2D eigenvalue weighted by molar-refractivity contribution is -0.140. The lowest BCUT2D eigenvalue weighted by Crippen LogP contribution is -2.43. The van der Waals surface area contributed by atoms with Gasteiger partial charge in [0.2, 0.25) is 0 Å². The minimum absolute atomic E-state index is 0.398. The molecule has 4 N–H and O–H groups in total. The summed E-state index contributed by atoms with van der Waals surface area (Å²) in [6.45, 7) is -0.808. The Morgan fingerprint density at radius 2 is 2.06 bits per heavy atom.